The van der Waals surface area contributed by atoms with Crippen molar-refractivity contribution in [2.45, 2.75) is 38.8 Å². The van der Waals surface area contributed by atoms with Crippen molar-refractivity contribution in [1.29, 1.82) is 0 Å². The van der Waals surface area contributed by atoms with Gasteiger partial charge in [-0.15, -0.1) is 0 Å². The van der Waals surface area contributed by atoms with Crippen molar-refractivity contribution < 1.29 is 33.6 Å². The summed E-state index contributed by atoms with van der Waals surface area (Å²) in [5, 5.41) is 12.4. The van der Waals surface area contributed by atoms with Crippen molar-refractivity contribution in [2.24, 2.45) is 5.92 Å². The molecule has 0 radical (unpaired) electrons. The second kappa shape index (κ2) is 11.2. The number of benzene rings is 2. The fourth-order valence-corrected chi connectivity index (χ4v) is 4.47. The Hall–Kier alpha value is -3.62. The van der Waals surface area contributed by atoms with Crippen LogP contribution in [0.2, 0.25) is 0 Å². The van der Waals surface area contributed by atoms with Crippen LogP contribution in [-0.4, -0.2) is 63.0 Å². The molecule has 2 amide bonds. The number of carbonyl (C=O) groups is 2. The first-order chi connectivity index (χ1) is 16.7. The van der Waals surface area contributed by atoms with Gasteiger partial charge in [0.1, 0.15) is 6.04 Å². The average molecular weight is 487 g/mol. The van der Waals surface area contributed by atoms with Crippen LogP contribution in [0.25, 0.3) is 0 Å². The zero-order valence-electron chi connectivity index (χ0n) is 21.1. The minimum absolute atomic E-state index is 0.108. The van der Waals surface area contributed by atoms with E-state index in [0.29, 0.717) is 42.4 Å². The molecule has 0 spiro atoms. The van der Waals surface area contributed by atoms with E-state index < -0.39 is 24.1 Å². The van der Waals surface area contributed by atoms with E-state index in [0.717, 1.165) is 16.7 Å². The van der Waals surface area contributed by atoms with Gasteiger partial charge in [0, 0.05) is 6.54 Å². The van der Waals surface area contributed by atoms with Gasteiger partial charge >= 0.3 is 12.0 Å². The molecule has 0 saturated carbocycles. The molecular formula is C26H34N2O7. The molecule has 3 rings (SSSR count). The lowest BCUT2D eigenvalue weighted by molar-refractivity contribution is -0.139. The topological polar surface area (TPSA) is 107 Å². The highest BCUT2D eigenvalue weighted by molar-refractivity contribution is 5.83. The lowest BCUT2D eigenvalue weighted by atomic mass is 9.87. The highest BCUT2D eigenvalue weighted by Crippen LogP contribution is 2.42. The van der Waals surface area contributed by atoms with Crippen LogP contribution in [0.5, 0.6) is 23.0 Å². The fourth-order valence-electron chi connectivity index (χ4n) is 4.47. The smallest absolute Gasteiger partial charge is 0.326 e. The van der Waals surface area contributed by atoms with Crippen LogP contribution >= 0.6 is 0 Å². The molecule has 35 heavy (non-hydrogen) atoms. The number of ether oxygens (including phenoxy) is 4. The molecule has 0 aromatic heterocycles. The molecule has 1 heterocycles. The Balaban J connectivity index is 2.10. The van der Waals surface area contributed by atoms with Crippen LogP contribution in [0.3, 0.4) is 0 Å². The molecule has 2 aromatic carbocycles. The van der Waals surface area contributed by atoms with Gasteiger partial charge in [0.2, 0.25) is 0 Å². The second-order valence-corrected chi connectivity index (χ2v) is 8.84. The van der Waals surface area contributed by atoms with Gasteiger partial charge in [0.15, 0.2) is 23.0 Å². The van der Waals surface area contributed by atoms with E-state index >= 15 is 0 Å². The van der Waals surface area contributed by atoms with Gasteiger partial charge in [-0.1, -0.05) is 19.9 Å². The van der Waals surface area contributed by atoms with Crippen molar-refractivity contribution >= 4 is 12.0 Å². The Labute approximate surface area is 205 Å². The molecule has 0 bridgehead atoms. The van der Waals surface area contributed by atoms with Crippen LogP contribution in [0.4, 0.5) is 4.79 Å². The number of urea groups is 1. The van der Waals surface area contributed by atoms with E-state index in [4.69, 9.17) is 18.9 Å². The predicted octanol–water partition coefficient (Wildman–Crippen LogP) is 3.88. The number of nitrogens with one attached hydrogen (secondary N) is 1. The number of rotatable bonds is 9. The van der Waals surface area contributed by atoms with Crippen molar-refractivity contribution in [3.05, 3.63) is 47.0 Å². The molecule has 2 atom stereocenters. The summed E-state index contributed by atoms with van der Waals surface area (Å²) in [5.74, 6) is 1.30. The Bertz CT molecular complexity index is 1070. The lowest BCUT2D eigenvalue weighted by Gasteiger charge is -2.38. The van der Waals surface area contributed by atoms with Crippen LogP contribution in [0.1, 0.15) is 43.0 Å². The molecule has 1 aliphatic rings. The number of nitrogens with zero attached hydrogens (tertiary/aromatic N) is 1. The number of hydrogen-bond donors (Lipinski definition) is 2. The molecule has 2 N–H and O–H groups in total. The van der Waals surface area contributed by atoms with Gasteiger partial charge in [-0.05, 0) is 59.7 Å². The maximum Gasteiger partial charge on any atom is 0.326 e. The van der Waals surface area contributed by atoms with Crippen LogP contribution < -0.4 is 24.3 Å². The summed E-state index contributed by atoms with van der Waals surface area (Å²) >= 11 is 0. The molecule has 9 heteroatoms. The fraction of sp³-hybridized carbons (Fsp3) is 0.462. The van der Waals surface area contributed by atoms with E-state index in [1.165, 1.54) is 0 Å². The highest BCUT2D eigenvalue weighted by atomic mass is 16.5. The summed E-state index contributed by atoms with van der Waals surface area (Å²) in [6.07, 6.45) is 0.909. The van der Waals surface area contributed by atoms with Crippen molar-refractivity contribution in [3.63, 3.8) is 0 Å². The molecule has 2 aromatic rings. The predicted molar refractivity (Wildman–Crippen MR) is 131 cm³/mol. The number of hydrogen-bond acceptors (Lipinski definition) is 6. The summed E-state index contributed by atoms with van der Waals surface area (Å²) in [6, 6.07) is 7.36. The Morgan fingerprint density at radius 2 is 1.57 bits per heavy atom. The third-order valence-corrected chi connectivity index (χ3v) is 6.16. The normalized spacial score (nSPS) is 15.7. The number of aliphatic carboxylic acids is 1. The molecule has 0 saturated heterocycles. The average Bonchev–Trinajstić information content (AvgIpc) is 2.85. The van der Waals surface area contributed by atoms with Crippen LogP contribution in [-0.2, 0) is 11.2 Å². The van der Waals surface area contributed by atoms with Crippen LogP contribution in [0, 0.1) is 5.92 Å². The molecule has 1 aliphatic heterocycles. The zero-order chi connectivity index (χ0) is 25.7. The minimum atomic E-state index is -1.06. The van der Waals surface area contributed by atoms with E-state index in [2.05, 4.69) is 5.32 Å². The molecular weight excluding hydrogens is 452 g/mol. The first kappa shape index (κ1) is 26.0. The number of fused-ring (bicyclic) bond motifs is 1. The maximum absolute atomic E-state index is 13.5. The Morgan fingerprint density at radius 1 is 0.971 bits per heavy atom. The third kappa shape index (κ3) is 5.55. The van der Waals surface area contributed by atoms with Gasteiger partial charge in [-0.25, -0.2) is 9.59 Å². The second-order valence-electron chi connectivity index (χ2n) is 8.84. The Morgan fingerprint density at radius 3 is 2.14 bits per heavy atom. The van der Waals surface area contributed by atoms with E-state index in [1.54, 1.807) is 39.4 Å². The number of amides is 2. The number of carbonyl (C=O) groups excluding carboxylic acids is 1. The number of carboxylic acids is 1. The minimum Gasteiger partial charge on any atom is -0.493 e. The van der Waals surface area contributed by atoms with Gasteiger partial charge in [-0.2, -0.15) is 0 Å². The van der Waals surface area contributed by atoms with Gasteiger partial charge < -0.3 is 34.3 Å². The third-order valence-electron chi connectivity index (χ3n) is 6.16. The summed E-state index contributed by atoms with van der Waals surface area (Å²) < 4.78 is 21.9. The molecule has 0 aliphatic carbocycles. The summed E-state index contributed by atoms with van der Waals surface area (Å²) in [7, 11) is 6.26. The van der Waals surface area contributed by atoms with Crippen molar-refractivity contribution in [1.82, 2.24) is 10.2 Å². The van der Waals surface area contributed by atoms with E-state index in [-0.39, 0.29) is 5.92 Å². The zero-order valence-corrected chi connectivity index (χ0v) is 21.1. The monoisotopic (exact) mass is 486 g/mol. The van der Waals surface area contributed by atoms with Crippen molar-refractivity contribution in [2.75, 3.05) is 35.0 Å². The van der Waals surface area contributed by atoms with Gasteiger partial charge in [-0.3, -0.25) is 0 Å². The molecule has 9 nitrogen and oxygen atoms in total. The number of carboxylic acid groups (broad SMARTS) is 1. The summed E-state index contributed by atoms with van der Waals surface area (Å²) in [4.78, 5) is 27.0. The number of methoxy groups -OCH3 is 4. The quantitative estimate of drug-likeness (QED) is 0.554. The largest absolute Gasteiger partial charge is 0.493 e. The lowest BCUT2D eigenvalue weighted by Crippen LogP contribution is -2.51. The SMILES string of the molecule is COc1ccc(C2c3cc(OC)c(OC)cc3CCN2C(=O)NC(CC(C)C)C(=O)O)cc1OC. The summed E-state index contributed by atoms with van der Waals surface area (Å²) in [6.45, 7) is 4.23. The van der Waals surface area contributed by atoms with Gasteiger partial charge in [0.25, 0.3) is 0 Å². The van der Waals surface area contributed by atoms with Gasteiger partial charge in [0.05, 0.1) is 34.5 Å². The first-order valence-corrected chi connectivity index (χ1v) is 11.5. The molecule has 0 fully saturated rings. The first-order valence-electron chi connectivity index (χ1n) is 11.5. The Kier molecular flexibility index (Phi) is 8.32. The standard InChI is InChI=1S/C26H34N2O7/c1-15(2)11-19(25(29)30)27-26(31)28-10-9-16-12-22(34-5)23(35-6)14-18(16)24(28)17-7-8-20(32-3)21(13-17)33-4/h7-8,12-15,19,24H,9-11H2,1-6H3,(H,27,31)(H,29,30). The van der Waals surface area contributed by atoms with Crippen LogP contribution in [0.15, 0.2) is 30.3 Å². The molecule has 2 unspecified atom stereocenters. The van der Waals surface area contributed by atoms with E-state index in [1.807, 2.05) is 38.1 Å². The summed E-state index contributed by atoms with van der Waals surface area (Å²) in [5.41, 5.74) is 2.68. The van der Waals surface area contributed by atoms with E-state index in [9.17, 15) is 14.7 Å². The van der Waals surface area contributed by atoms with Crippen molar-refractivity contribution in [3.8, 4) is 23.0 Å². The molecule has 190 valence electrons. The maximum atomic E-state index is 13.5. The highest BCUT2D eigenvalue weighted by Gasteiger charge is 2.35.